The van der Waals surface area contributed by atoms with Gasteiger partial charge >= 0.3 is 0 Å². The number of aromatic nitrogens is 2. The zero-order chi connectivity index (χ0) is 12.5. The van der Waals surface area contributed by atoms with Gasteiger partial charge in [0.25, 0.3) is 0 Å². The van der Waals surface area contributed by atoms with Gasteiger partial charge in [-0.15, -0.1) is 0 Å². The van der Waals surface area contributed by atoms with Crippen molar-refractivity contribution >= 4 is 5.95 Å². The quantitative estimate of drug-likeness (QED) is 0.889. The van der Waals surface area contributed by atoms with Crippen LogP contribution in [0.5, 0.6) is 0 Å². The number of hydrogen-bond donors (Lipinski definition) is 1. The molecule has 1 aromatic rings. The van der Waals surface area contributed by atoms with E-state index >= 15 is 0 Å². The molecule has 2 aliphatic heterocycles. The fourth-order valence-corrected chi connectivity index (χ4v) is 3.33. The molecule has 1 N–H and O–H groups in total. The van der Waals surface area contributed by atoms with E-state index in [2.05, 4.69) is 27.2 Å². The minimum absolute atomic E-state index is 0.391. The third-order valence-corrected chi connectivity index (χ3v) is 4.37. The Kier molecular flexibility index (Phi) is 3.16. The van der Waals surface area contributed by atoms with Crippen molar-refractivity contribution in [3.63, 3.8) is 0 Å². The average Bonchev–Trinajstić information content (AvgIpc) is 2.62. The van der Waals surface area contributed by atoms with Crippen molar-refractivity contribution < 1.29 is 4.39 Å². The lowest BCUT2D eigenvalue weighted by molar-refractivity contribution is 0.139. The highest BCUT2D eigenvalue weighted by molar-refractivity contribution is 5.22. The molecule has 0 spiro atoms. The summed E-state index contributed by atoms with van der Waals surface area (Å²) in [5.74, 6) is 0.827. The highest BCUT2D eigenvalue weighted by Crippen LogP contribution is 2.37. The molecule has 0 aromatic carbocycles. The normalized spacial score (nSPS) is 31.6. The van der Waals surface area contributed by atoms with Crippen molar-refractivity contribution in [1.82, 2.24) is 14.9 Å². The van der Waals surface area contributed by atoms with Crippen LogP contribution >= 0.6 is 0 Å². The Balaban J connectivity index is 1.54. The summed E-state index contributed by atoms with van der Waals surface area (Å²) in [4.78, 5) is 10.4. The Bertz CT molecular complexity index is 394. The van der Waals surface area contributed by atoms with Crippen LogP contribution in [0.15, 0.2) is 12.4 Å². The number of piperidine rings is 1. The Labute approximate surface area is 107 Å². The molecule has 0 saturated carbocycles. The molecule has 3 rings (SSSR count). The van der Waals surface area contributed by atoms with Crippen LogP contribution in [0.3, 0.4) is 0 Å². The van der Waals surface area contributed by atoms with Crippen molar-refractivity contribution in [2.45, 2.75) is 37.8 Å². The van der Waals surface area contributed by atoms with E-state index in [9.17, 15) is 4.39 Å². The first-order valence-electron chi connectivity index (χ1n) is 6.65. The molecule has 18 heavy (non-hydrogen) atoms. The zero-order valence-corrected chi connectivity index (χ0v) is 10.6. The van der Waals surface area contributed by atoms with Gasteiger partial charge in [0, 0.05) is 18.6 Å². The number of hydrogen-bond acceptors (Lipinski definition) is 4. The Morgan fingerprint density at radius 1 is 1.28 bits per heavy atom. The van der Waals surface area contributed by atoms with Gasteiger partial charge in [-0.25, -0.2) is 14.4 Å². The first-order chi connectivity index (χ1) is 8.72. The smallest absolute Gasteiger partial charge is 0.222 e. The predicted octanol–water partition coefficient (Wildman–Crippen LogP) is 1.90. The van der Waals surface area contributed by atoms with Crippen molar-refractivity contribution in [3.8, 4) is 0 Å². The fourth-order valence-electron chi connectivity index (χ4n) is 3.33. The third kappa shape index (κ3) is 2.32. The molecule has 2 unspecified atom stereocenters. The second-order valence-corrected chi connectivity index (χ2v) is 5.49. The number of anilines is 1. The second kappa shape index (κ2) is 4.80. The van der Waals surface area contributed by atoms with E-state index in [1.54, 1.807) is 0 Å². The van der Waals surface area contributed by atoms with E-state index in [0.717, 1.165) is 18.6 Å². The molecule has 0 aliphatic carbocycles. The van der Waals surface area contributed by atoms with Gasteiger partial charge in [0.2, 0.25) is 5.95 Å². The molecule has 5 heteroatoms. The molecule has 2 saturated heterocycles. The second-order valence-electron chi connectivity index (χ2n) is 5.49. The monoisotopic (exact) mass is 250 g/mol. The molecular formula is C13H19FN4. The number of nitrogens with zero attached hydrogens (tertiary/aromatic N) is 3. The molecule has 2 atom stereocenters. The summed E-state index contributed by atoms with van der Waals surface area (Å²) in [6, 6.07) is 1.51. The molecule has 2 fully saturated rings. The Morgan fingerprint density at radius 3 is 2.50 bits per heavy atom. The minimum Gasteiger partial charge on any atom is -0.354 e. The van der Waals surface area contributed by atoms with E-state index in [0.29, 0.717) is 11.9 Å². The first-order valence-corrected chi connectivity index (χ1v) is 6.65. The van der Waals surface area contributed by atoms with Gasteiger partial charge in [-0.1, -0.05) is 0 Å². The van der Waals surface area contributed by atoms with Gasteiger partial charge < -0.3 is 10.2 Å². The summed E-state index contributed by atoms with van der Waals surface area (Å²) in [5, 5.41) is 3.22. The third-order valence-electron chi connectivity index (χ3n) is 4.37. The number of nitrogens with one attached hydrogen (secondary N) is 1. The Morgan fingerprint density at radius 2 is 1.89 bits per heavy atom. The van der Waals surface area contributed by atoms with Gasteiger partial charge in [-0.2, -0.15) is 0 Å². The summed E-state index contributed by atoms with van der Waals surface area (Å²) < 4.78 is 12.7. The fraction of sp³-hybridized carbons (Fsp3) is 0.692. The summed E-state index contributed by atoms with van der Waals surface area (Å²) in [6.45, 7) is 0.895. The summed E-state index contributed by atoms with van der Waals surface area (Å²) in [7, 11) is 2.25. The lowest BCUT2D eigenvalue weighted by Crippen LogP contribution is -2.41. The lowest BCUT2D eigenvalue weighted by Gasteiger charge is -2.36. The highest BCUT2D eigenvalue weighted by Gasteiger charge is 2.38. The van der Waals surface area contributed by atoms with Crippen LogP contribution in [0.4, 0.5) is 10.3 Å². The summed E-state index contributed by atoms with van der Waals surface area (Å²) in [6.07, 6.45) is 7.58. The van der Waals surface area contributed by atoms with E-state index in [4.69, 9.17) is 0 Å². The van der Waals surface area contributed by atoms with E-state index in [1.807, 2.05) is 0 Å². The Hall–Kier alpha value is -1.23. The zero-order valence-electron chi connectivity index (χ0n) is 10.6. The molecule has 1 aromatic heterocycles. The lowest BCUT2D eigenvalue weighted by atomic mass is 9.91. The largest absolute Gasteiger partial charge is 0.354 e. The van der Waals surface area contributed by atoms with Crippen LogP contribution in [-0.4, -0.2) is 40.5 Å². The van der Waals surface area contributed by atoms with Gasteiger partial charge in [0.1, 0.15) is 0 Å². The van der Waals surface area contributed by atoms with Crippen LogP contribution in [0, 0.1) is 11.7 Å². The van der Waals surface area contributed by atoms with Crippen LogP contribution in [0.2, 0.25) is 0 Å². The van der Waals surface area contributed by atoms with E-state index < -0.39 is 5.82 Å². The minimum atomic E-state index is -0.391. The van der Waals surface area contributed by atoms with Gasteiger partial charge in [0.05, 0.1) is 12.4 Å². The van der Waals surface area contributed by atoms with Gasteiger partial charge in [-0.05, 0) is 38.6 Å². The first kappa shape index (κ1) is 11.8. The van der Waals surface area contributed by atoms with Crippen molar-refractivity contribution in [3.05, 3.63) is 18.2 Å². The maximum absolute atomic E-state index is 12.7. The van der Waals surface area contributed by atoms with Crippen LogP contribution in [0.25, 0.3) is 0 Å². The molecule has 2 aliphatic rings. The van der Waals surface area contributed by atoms with Crippen LogP contribution in [0.1, 0.15) is 25.7 Å². The average molecular weight is 250 g/mol. The van der Waals surface area contributed by atoms with Gasteiger partial charge in [0.15, 0.2) is 5.82 Å². The van der Waals surface area contributed by atoms with Crippen molar-refractivity contribution in [2.24, 2.45) is 5.92 Å². The topological polar surface area (TPSA) is 41.0 Å². The highest BCUT2D eigenvalue weighted by atomic mass is 19.1. The molecule has 2 bridgehead atoms. The SMILES string of the molecule is CN1C2CCC1CC(CNc1ncc(F)cn1)C2. The van der Waals surface area contributed by atoms with Crippen LogP contribution < -0.4 is 5.32 Å². The van der Waals surface area contributed by atoms with Crippen molar-refractivity contribution in [1.29, 1.82) is 0 Å². The number of fused-ring (bicyclic) bond motifs is 2. The molecule has 98 valence electrons. The van der Waals surface area contributed by atoms with E-state index in [-0.39, 0.29) is 0 Å². The number of halogens is 1. The molecule has 0 radical (unpaired) electrons. The molecule has 3 heterocycles. The predicted molar refractivity (Wildman–Crippen MR) is 67.8 cm³/mol. The molecular weight excluding hydrogens is 231 g/mol. The molecule has 0 amide bonds. The maximum atomic E-state index is 12.7. The summed E-state index contributed by atoms with van der Waals surface area (Å²) >= 11 is 0. The standard InChI is InChI=1S/C13H19FN4/c1-18-11-2-3-12(18)5-9(4-11)6-15-13-16-7-10(14)8-17-13/h7-9,11-12H,2-6H2,1H3,(H,15,16,17). The number of rotatable bonds is 3. The maximum Gasteiger partial charge on any atom is 0.222 e. The van der Waals surface area contributed by atoms with E-state index in [1.165, 1.54) is 38.1 Å². The van der Waals surface area contributed by atoms with Crippen LogP contribution in [-0.2, 0) is 0 Å². The summed E-state index contributed by atoms with van der Waals surface area (Å²) in [5.41, 5.74) is 0. The van der Waals surface area contributed by atoms with Gasteiger partial charge in [-0.3, -0.25) is 0 Å². The molecule has 4 nitrogen and oxygen atoms in total. The van der Waals surface area contributed by atoms with Crippen molar-refractivity contribution in [2.75, 3.05) is 18.9 Å².